The van der Waals surface area contributed by atoms with E-state index < -0.39 is 16.8 Å². The van der Waals surface area contributed by atoms with Crippen molar-refractivity contribution in [1.82, 2.24) is 107 Å². The molecule has 146 heavy (non-hydrogen) atoms. The SMILES string of the molecule is Brc1cccn2nccc12.CC(C)(C)OC(=O)N1CC=C(c2cccn3ncc(Br)c23)CC1.CC(C)(C)OC(=O)N1CC=C(c2cccn3nccc23)CC1.Cn1cc(-c2ccc(-c3cnn4cccc(C5=CCCCC5)c34)cc2)cn1.Cn1cc(-c2ccc(-c3cnn4cccc(C5=CCN(C(=O)OC(C)(C)C)CC5)c34)cc2)cn1.Cn1cc(-c2ccc(-c3cnn4cccc(C5=CCN(C(N)=O)CC5)c34)cc2)cn1. The quantitative estimate of drug-likeness (QED) is 0.118. The van der Waals surface area contributed by atoms with Crippen LogP contribution >= 0.6 is 31.9 Å². The molecule has 4 aliphatic heterocycles. The highest BCUT2D eigenvalue weighted by Gasteiger charge is 2.31. The molecule has 5 amide bonds. The number of carbonyl (C=O) groups excluding carboxylic acids is 4. The molecular weight excluding hydrogens is 1960 g/mol. The van der Waals surface area contributed by atoms with E-state index in [1.165, 1.54) is 80.5 Å². The van der Waals surface area contributed by atoms with Gasteiger partial charge in [0.05, 0.1) is 87.1 Å². The van der Waals surface area contributed by atoms with Gasteiger partial charge in [0.1, 0.15) is 16.8 Å². The molecule has 1 aliphatic carbocycles. The maximum absolute atomic E-state index is 12.5. The normalized spacial score (nSPS) is 14.5. The lowest BCUT2D eigenvalue weighted by Gasteiger charge is -2.29. The molecule has 19 heterocycles. The molecular formula is C114H119Br2N23O7. The van der Waals surface area contributed by atoms with E-state index in [0.29, 0.717) is 52.4 Å². The molecule has 0 saturated heterocycles. The van der Waals surface area contributed by atoms with Gasteiger partial charge in [-0.2, -0.15) is 45.9 Å². The van der Waals surface area contributed by atoms with Crippen molar-refractivity contribution < 1.29 is 33.4 Å². The van der Waals surface area contributed by atoms with Gasteiger partial charge in [-0.05, 0) is 261 Å². The zero-order valence-corrected chi connectivity index (χ0v) is 87.3. The molecule has 0 bridgehead atoms. The molecule has 0 atom stereocenters. The molecule has 0 spiro atoms. The fourth-order valence-corrected chi connectivity index (χ4v) is 19.6. The van der Waals surface area contributed by atoms with E-state index in [2.05, 4.69) is 217 Å². The molecule has 15 aromatic heterocycles. The number of hydrogen-bond donors (Lipinski definition) is 1. The molecule has 746 valence electrons. The number of benzene rings is 3. The van der Waals surface area contributed by atoms with Gasteiger partial charge < -0.3 is 39.5 Å². The highest BCUT2D eigenvalue weighted by Crippen LogP contribution is 2.41. The van der Waals surface area contributed by atoms with Crippen LogP contribution in [-0.2, 0) is 35.4 Å². The van der Waals surface area contributed by atoms with Crippen LogP contribution in [0, 0.1) is 0 Å². The molecule has 5 aliphatic rings. The van der Waals surface area contributed by atoms with Crippen LogP contribution in [0.4, 0.5) is 19.2 Å². The summed E-state index contributed by atoms with van der Waals surface area (Å²) in [5.74, 6) is 0. The number of aromatic nitrogens is 18. The van der Waals surface area contributed by atoms with E-state index in [4.69, 9.17) is 19.9 Å². The van der Waals surface area contributed by atoms with Crippen molar-refractivity contribution in [2.45, 2.75) is 130 Å². The Labute approximate surface area is 864 Å². The minimum Gasteiger partial charge on any atom is -0.444 e. The number of carbonyl (C=O) groups is 4. The number of aryl methyl sites for hydroxylation is 3. The predicted octanol–water partition coefficient (Wildman–Crippen LogP) is 23.9. The Kier molecular flexibility index (Phi) is 30.1. The summed E-state index contributed by atoms with van der Waals surface area (Å²) in [6.07, 6.45) is 52.8. The summed E-state index contributed by atoms with van der Waals surface area (Å²) in [5, 5.41) is 39.2. The molecule has 30 nitrogen and oxygen atoms in total. The van der Waals surface area contributed by atoms with Gasteiger partial charge >= 0.3 is 24.3 Å². The topological polar surface area (TPSA) is 292 Å². The summed E-state index contributed by atoms with van der Waals surface area (Å²) in [6.45, 7) is 21.8. The number of allylic oxidation sites excluding steroid dienone is 2. The first-order valence-corrected chi connectivity index (χ1v) is 50.7. The molecule has 18 aromatic rings. The zero-order chi connectivity index (χ0) is 102. The highest BCUT2D eigenvalue weighted by molar-refractivity contribution is 9.11. The largest absolute Gasteiger partial charge is 0.444 e. The molecule has 3 aromatic carbocycles. The third kappa shape index (κ3) is 23.6. The summed E-state index contributed by atoms with van der Waals surface area (Å²) < 4.78 is 35.3. The van der Waals surface area contributed by atoms with Crippen molar-refractivity contribution in [3.8, 4) is 66.8 Å². The summed E-state index contributed by atoms with van der Waals surface area (Å²) in [5.41, 5.74) is 36.5. The predicted molar refractivity (Wildman–Crippen MR) is 581 cm³/mol. The second-order valence-corrected chi connectivity index (χ2v) is 41.2. The van der Waals surface area contributed by atoms with Crippen LogP contribution in [0.3, 0.4) is 0 Å². The van der Waals surface area contributed by atoms with Crippen molar-refractivity contribution in [1.29, 1.82) is 0 Å². The number of primary amides is 1. The van der Waals surface area contributed by atoms with Gasteiger partial charge in [0.2, 0.25) is 0 Å². The van der Waals surface area contributed by atoms with E-state index in [0.717, 1.165) is 135 Å². The Balaban J connectivity index is 0.000000118. The Bertz CT molecular complexity index is 7950. The molecule has 0 fully saturated rings. The van der Waals surface area contributed by atoms with Gasteiger partial charge in [0.25, 0.3) is 0 Å². The minimum absolute atomic E-state index is 0.245. The second kappa shape index (κ2) is 43.8. The maximum Gasteiger partial charge on any atom is 0.410 e. The fraction of sp³-hybridized carbons (Fsp3) is 0.272. The number of urea groups is 1. The number of nitrogens with two attached hydrogens (primary N) is 1. The van der Waals surface area contributed by atoms with E-state index in [9.17, 15) is 19.2 Å². The van der Waals surface area contributed by atoms with Gasteiger partial charge in [-0.25, -0.2) is 46.3 Å². The second-order valence-electron chi connectivity index (χ2n) is 39.5. The lowest BCUT2D eigenvalue weighted by molar-refractivity contribution is 0.0260. The van der Waals surface area contributed by atoms with Gasteiger partial charge in [0.15, 0.2) is 0 Å². The average Bonchev–Trinajstić information content (AvgIpc) is 1.63. The number of nitrogens with zero attached hydrogens (tertiary/aromatic N) is 22. The first kappa shape index (κ1) is 100. The minimum atomic E-state index is -0.494. The van der Waals surface area contributed by atoms with Crippen LogP contribution in [-0.4, -0.2) is 200 Å². The first-order chi connectivity index (χ1) is 70.3. The van der Waals surface area contributed by atoms with Crippen LogP contribution in [0.5, 0.6) is 0 Å². The molecule has 0 saturated carbocycles. The maximum atomic E-state index is 12.5. The lowest BCUT2D eigenvalue weighted by atomic mass is 9.92. The van der Waals surface area contributed by atoms with Gasteiger partial charge in [-0.15, -0.1) is 0 Å². The van der Waals surface area contributed by atoms with E-state index in [1.807, 2.05) is 261 Å². The van der Waals surface area contributed by atoms with E-state index in [1.54, 1.807) is 42.9 Å². The van der Waals surface area contributed by atoms with Crippen molar-refractivity contribution >= 4 is 117 Å². The van der Waals surface area contributed by atoms with Gasteiger partial charge in [-0.3, -0.25) is 14.0 Å². The Morgan fingerprint density at radius 1 is 0.295 bits per heavy atom. The number of fused-ring (bicyclic) bond motifs is 6. The number of ether oxygens (including phenoxy) is 3. The third-order valence-corrected chi connectivity index (χ3v) is 27.0. The fourth-order valence-electron chi connectivity index (χ4n) is 18.6. The van der Waals surface area contributed by atoms with E-state index >= 15 is 0 Å². The smallest absolute Gasteiger partial charge is 0.410 e. The monoisotopic (exact) mass is 2080 g/mol. The first-order valence-electron chi connectivity index (χ1n) is 49.1. The number of rotatable bonds is 11. The molecule has 23 rings (SSSR count). The van der Waals surface area contributed by atoms with Crippen LogP contribution in [0.2, 0.25) is 0 Å². The van der Waals surface area contributed by atoms with Crippen LogP contribution in [0.25, 0.3) is 128 Å². The number of amides is 5. The third-order valence-electron chi connectivity index (χ3n) is 25.8. The van der Waals surface area contributed by atoms with Crippen LogP contribution in [0.1, 0.15) is 141 Å². The standard InChI is InChI=1S/C27H29N5O2.C23H22N6O.C23H22N4.C17H20BrN3O2.C17H21N3O2.C7H5BrN2/c1-27(2,3)34-26(33)31-14-11-21(12-15-31)23-6-5-13-32-25(23)24(17-29-32)20-9-7-19(8-10-20)22-16-28-30(4)18-22;1-27-15-19(13-25-27)16-4-6-17(7-5-16)21-14-26-29-10-2-3-20(22(21)29)18-8-11-28(12-9-18)23(24)30;1-26-16-20(14-24-26)17-9-11-19(12-10-17)22-15-25-27-13-5-8-21(23(22)27)18-6-3-2-4-7-18;1-17(2,3)23-16(22)20-9-6-12(7-10-20)13-5-4-8-21-15(13)14(18)11-19-21;1-17(2,3)22-16(21)19-11-7-13(8-12-19)14-5-4-10-20-15(14)6-9-18-20;8-6-2-1-5-10-7(6)3-4-9-10/h5-11,13,16-18H,12,14-15H2,1-4H3;2-8,10,13-15H,9,11-12H2,1H3,(H2,24,30);5-6,8-16H,2-4,7H2,1H3;4-6,8,11H,7,9-10H2,1-3H3;4-7,9-10H,8,11-12H2,1-3H3;1-5H. The molecule has 32 heteroatoms. The van der Waals surface area contributed by atoms with Crippen molar-refractivity contribution in [3.05, 3.63) is 336 Å². The molecule has 0 unspecified atom stereocenters. The van der Waals surface area contributed by atoms with Crippen LogP contribution in [0.15, 0.2) is 309 Å². The van der Waals surface area contributed by atoms with Crippen LogP contribution < -0.4 is 5.73 Å². The van der Waals surface area contributed by atoms with Gasteiger partial charge in [0, 0.05) is 201 Å². The number of hydrogen-bond acceptors (Lipinski definition) is 16. The van der Waals surface area contributed by atoms with Crippen molar-refractivity contribution in [2.75, 3.05) is 52.4 Å². The summed E-state index contributed by atoms with van der Waals surface area (Å²) in [4.78, 5) is 55.0. The van der Waals surface area contributed by atoms with E-state index in [-0.39, 0.29) is 24.3 Å². The zero-order valence-electron chi connectivity index (χ0n) is 84.1. The van der Waals surface area contributed by atoms with Gasteiger partial charge in [-0.1, -0.05) is 134 Å². The Morgan fingerprint density at radius 2 is 0.603 bits per heavy atom. The Morgan fingerprint density at radius 3 is 0.932 bits per heavy atom. The summed E-state index contributed by atoms with van der Waals surface area (Å²) in [7, 11) is 5.78. The average molecular weight is 2080 g/mol. The highest BCUT2D eigenvalue weighted by atomic mass is 79.9. The molecule has 0 radical (unpaired) electrons. The number of halogens is 2. The summed E-state index contributed by atoms with van der Waals surface area (Å²) >= 11 is 6.97. The number of pyridine rings is 6. The van der Waals surface area contributed by atoms with Crippen molar-refractivity contribution in [2.24, 2.45) is 26.9 Å². The lowest BCUT2D eigenvalue weighted by Crippen LogP contribution is -2.39. The molecule has 2 N–H and O–H groups in total. The van der Waals surface area contributed by atoms with Crippen molar-refractivity contribution in [3.63, 3.8) is 0 Å². The Hall–Kier alpha value is -15.8. The summed E-state index contributed by atoms with van der Waals surface area (Å²) in [6, 6.07) is 54.0.